The van der Waals surface area contributed by atoms with Crippen LogP contribution in [0.15, 0.2) is 46.9 Å². The molecule has 0 aliphatic carbocycles. The smallest absolute Gasteiger partial charge is 0.418 e. The van der Waals surface area contributed by atoms with Crippen molar-refractivity contribution in [1.29, 1.82) is 5.26 Å². The number of furan rings is 1. The minimum absolute atomic E-state index is 0.0548. The van der Waals surface area contributed by atoms with Crippen molar-refractivity contribution in [2.24, 2.45) is 0 Å². The molecule has 8 heteroatoms. The predicted molar refractivity (Wildman–Crippen MR) is 91.0 cm³/mol. The van der Waals surface area contributed by atoms with Crippen LogP contribution in [-0.2, 0) is 17.5 Å². The molecule has 1 N–H and O–H groups in total. The Hall–Kier alpha value is -3.31. The van der Waals surface area contributed by atoms with Crippen LogP contribution in [0.25, 0.3) is 11.0 Å². The molecule has 3 aromatic rings. The fourth-order valence-corrected chi connectivity index (χ4v) is 2.71. The second-order valence-electron chi connectivity index (χ2n) is 5.66. The lowest BCUT2D eigenvalue weighted by Crippen LogP contribution is -2.17. The highest BCUT2D eigenvalue weighted by Crippen LogP contribution is 2.36. The van der Waals surface area contributed by atoms with E-state index in [1.165, 1.54) is 13.2 Å². The summed E-state index contributed by atoms with van der Waals surface area (Å²) < 4.78 is 50.5. The van der Waals surface area contributed by atoms with Crippen molar-refractivity contribution in [3.63, 3.8) is 0 Å². The van der Waals surface area contributed by atoms with E-state index in [0.717, 1.165) is 6.07 Å². The van der Waals surface area contributed by atoms with Crippen molar-refractivity contribution >= 4 is 22.6 Å². The first-order chi connectivity index (χ1) is 12.8. The van der Waals surface area contributed by atoms with E-state index in [-0.39, 0.29) is 17.9 Å². The maximum absolute atomic E-state index is 13.3. The van der Waals surface area contributed by atoms with Gasteiger partial charge in [0.25, 0.3) is 5.91 Å². The van der Waals surface area contributed by atoms with Gasteiger partial charge in [0.2, 0.25) is 0 Å². The Labute approximate surface area is 152 Å². The predicted octanol–water partition coefficient (Wildman–Crippen LogP) is 4.72. The molecule has 0 radical (unpaired) electrons. The number of para-hydroxylation sites is 1. The van der Waals surface area contributed by atoms with Gasteiger partial charge >= 0.3 is 6.18 Å². The number of carbonyl (C=O) groups excluding carboxylic acids is 1. The quantitative estimate of drug-likeness (QED) is 0.717. The third kappa shape index (κ3) is 3.64. The molecule has 27 heavy (non-hydrogen) atoms. The van der Waals surface area contributed by atoms with E-state index in [1.54, 1.807) is 30.3 Å². The number of benzene rings is 2. The molecular formula is C19H13F3N2O3. The molecule has 0 atom stereocenters. The zero-order valence-corrected chi connectivity index (χ0v) is 14.1. The van der Waals surface area contributed by atoms with Crippen molar-refractivity contribution in [1.82, 2.24) is 0 Å². The number of hydrogen-bond acceptors (Lipinski definition) is 4. The van der Waals surface area contributed by atoms with Crippen LogP contribution in [0.2, 0.25) is 0 Å². The number of rotatable bonds is 4. The van der Waals surface area contributed by atoms with E-state index >= 15 is 0 Å². The monoisotopic (exact) mass is 374 g/mol. The molecule has 1 aromatic heterocycles. The fraction of sp³-hybridized carbons (Fsp3) is 0.158. The lowest BCUT2D eigenvalue weighted by Gasteiger charge is -2.14. The summed E-state index contributed by atoms with van der Waals surface area (Å²) in [4.78, 5) is 12.6. The van der Waals surface area contributed by atoms with Crippen LogP contribution in [0.5, 0.6) is 0 Å². The molecule has 0 unspecified atom stereocenters. The van der Waals surface area contributed by atoms with Crippen molar-refractivity contribution < 1.29 is 27.1 Å². The van der Waals surface area contributed by atoms with Crippen LogP contribution < -0.4 is 5.32 Å². The zero-order chi connectivity index (χ0) is 19.6. The summed E-state index contributed by atoms with van der Waals surface area (Å²) in [6, 6.07) is 11.4. The summed E-state index contributed by atoms with van der Waals surface area (Å²) in [5, 5.41) is 11.7. The molecule has 0 aliphatic rings. The third-order valence-corrected chi connectivity index (χ3v) is 3.90. The number of nitrogens with one attached hydrogen (secondary N) is 1. The second kappa shape index (κ2) is 7.13. The van der Waals surface area contributed by atoms with E-state index < -0.39 is 23.3 Å². The van der Waals surface area contributed by atoms with E-state index in [1.807, 2.05) is 0 Å². The van der Waals surface area contributed by atoms with Gasteiger partial charge in [-0.05, 0) is 24.3 Å². The molecular weight excluding hydrogens is 361 g/mol. The summed E-state index contributed by atoms with van der Waals surface area (Å²) >= 11 is 0. The van der Waals surface area contributed by atoms with Crippen molar-refractivity contribution in [2.45, 2.75) is 12.8 Å². The molecule has 0 saturated carbocycles. The van der Waals surface area contributed by atoms with E-state index in [2.05, 4.69) is 5.32 Å². The third-order valence-electron chi connectivity index (χ3n) is 3.90. The summed E-state index contributed by atoms with van der Waals surface area (Å²) in [5.41, 5.74) is -0.878. The molecule has 2 aromatic carbocycles. The van der Waals surface area contributed by atoms with Gasteiger partial charge in [0.15, 0.2) is 5.76 Å². The molecule has 0 saturated heterocycles. The number of halogens is 3. The van der Waals surface area contributed by atoms with Gasteiger partial charge in [-0.15, -0.1) is 0 Å². The van der Waals surface area contributed by atoms with Crippen LogP contribution in [0.1, 0.15) is 27.2 Å². The highest BCUT2D eigenvalue weighted by molar-refractivity contribution is 6.06. The second-order valence-corrected chi connectivity index (χ2v) is 5.66. The van der Waals surface area contributed by atoms with Crippen molar-refractivity contribution in [3.8, 4) is 6.07 Å². The standard InChI is InChI=1S/C19H13F3N2O3/c1-26-10-13-12-4-2-3-5-16(12)27-17(13)18(25)24-15-7-6-11(9-23)8-14(15)19(20,21)22/h2-8H,10H2,1H3,(H,24,25). The number of fused-ring (bicyclic) bond motifs is 1. The van der Waals surface area contributed by atoms with Gasteiger partial charge in [0.05, 0.1) is 29.5 Å². The van der Waals surface area contributed by atoms with Crippen LogP contribution in [0.3, 0.4) is 0 Å². The Morgan fingerprint density at radius 2 is 2.00 bits per heavy atom. The van der Waals surface area contributed by atoms with E-state index in [4.69, 9.17) is 14.4 Å². The summed E-state index contributed by atoms with van der Waals surface area (Å²) in [6.45, 7) is 0.0548. The first-order valence-corrected chi connectivity index (χ1v) is 7.77. The SMILES string of the molecule is COCc1c(C(=O)Nc2ccc(C#N)cc2C(F)(F)F)oc2ccccc12. The van der Waals surface area contributed by atoms with E-state index in [0.29, 0.717) is 22.6 Å². The number of anilines is 1. The van der Waals surface area contributed by atoms with Crippen LogP contribution >= 0.6 is 0 Å². The Morgan fingerprint density at radius 3 is 2.67 bits per heavy atom. The highest BCUT2D eigenvalue weighted by atomic mass is 19.4. The van der Waals surface area contributed by atoms with Gasteiger partial charge < -0.3 is 14.5 Å². The summed E-state index contributed by atoms with van der Waals surface area (Å²) in [5.74, 6) is -0.969. The number of nitriles is 1. The van der Waals surface area contributed by atoms with Crippen LogP contribution in [-0.4, -0.2) is 13.0 Å². The van der Waals surface area contributed by atoms with E-state index in [9.17, 15) is 18.0 Å². The van der Waals surface area contributed by atoms with Gasteiger partial charge in [-0.25, -0.2) is 0 Å². The van der Waals surface area contributed by atoms with Crippen LogP contribution in [0, 0.1) is 11.3 Å². The average Bonchev–Trinajstić information content (AvgIpc) is 3.00. The molecule has 1 heterocycles. The Balaban J connectivity index is 2.03. The number of nitrogens with zero attached hydrogens (tertiary/aromatic N) is 1. The summed E-state index contributed by atoms with van der Waals surface area (Å²) in [6.07, 6.45) is -4.74. The first kappa shape index (κ1) is 18.5. The van der Waals surface area contributed by atoms with Crippen molar-refractivity contribution in [3.05, 3.63) is 64.9 Å². The molecule has 0 fully saturated rings. The largest absolute Gasteiger partial charge is 0.451 e. The molecule has 3 rings (SSSR count). The highest BCUT2D eigenvalue weighted by Gasteiger charge is 2.35. The number of hydrogen-bond donors (Lipinski definition) is 1. The lowest BCUT2D eigenvalue weighted by atomic mass is 10.1. The number of amides is 1. The lowest BCUT2D eigenvalue weighted by molar-refractivity contribution is -0.136. The topological polar surface area (TPSA) is 75.3 Å². The molecule has 0 spiro atoms. The van der Waals surface area contributed by atoms with Crippen LogP contribution in [0.4, 0.5) is 18.9 Å². The molecule has 0 bridgehead atoms. The first-order valence-electron chi connectivity index (χ1n) is 7.77. The number of methoxy groups -OCH3 is 1. The number of alkyl halides is 3. The fourth-order valence-electron chi connectivity index (χ4n) is 2.71. The average molecular weight is 374 g/mol. The molecule has 5 nitrogen and oxygen atoms in total. The normalized spacial score (nSPS) is 11.4. The molecule has 138 valence electrons. The minimum Gasteiger partial charge on any atom is -0.451 e. The van der Waals surface area contributed by atoms with Crippen molar-refractivity contribution in [2.75, 3.05) is 12.4 Å². The minimum atomic E-state index is -4.74. The number of ether oxygens (including phenoxy) is 1. The Bertz CT molecular complexity index is 1050. The Morgan fingerprint density at radius 1 is 1.26 bits per heavy atom. The van der Waals surface area contributed by atoms with Gasteiger partial charge in [0, 0.05) is 18.1 Å². The number of carbonyl (C=O) groups is 1. The zero-order valence-electron chi connectivity index (χ0n) is 14.1. The summed E-state index contributed by atoms with van der Waals surface area (Å²) in [7, 11) is 1.44. The maximum atomic E-state index is 13.3. The maximum Gasteiger partial charge on any atom is 0.418 e. The molecule has 1 amide bonds. The van der Waals surface area contributed by atoms with Gasteiger partial charge in [0.1, 0.15) is 5.58 Å². The van der Waals surface area contributed by atoms with Gasteiger partial charge in [-0.2, -0.15) is 18.4 Å². The van der Waals surface area contributed by atoms with Gasteiger partial charge in [-0.3, -0.25) is 4.79 Å². The van der Waals surface area contributed by atoms with Gasteiger partial charge in [-0.1, -0.05) is 18.2 Å². The Kier molecular flexibility index (Phi) is 4.88. The molecule has 0 aliphatic heterocycles.